The Bertz CT molecular complexity index is 1190. The number of hydrogen-bond donors (Lipinski definition) is 1. The van der Waals surface area contributed by atoms with Crippen molar-refractivity contribution in [3.05, 3.63) is 49.2 Å². The number of halogens is 2. The van der Waals surface area contributed by atoms with Gasteiger partial charge in [0.1, 0.15) is 12.3 Å². The smallest absolute Gasteiger partial charge is 0.323 e. The van der Waals surface area contributed by atoms with E-state index in [1.165, 1.54) is 0 Å². The van der Waals surface area contributed by atoms with Crippen molar-refractivity contribution in [1.29, 1.82) is 0 Å². The van der Waals surface area contributed by atoms with Gasteiger partial charge in [-0.05, 0) is 57.7 Å². The summed E-state index contributed by atoms with van der Waals surface area (Å²) < 4.78 is 7.84. The minimum absolute atomic E-state index is 0.0401. The fraction of sp³-hybridized carbons (Fsp3) is 0.552. The molecule has 8 heteroatoms. The van der Waals surface area contributed by atoms with E-state index in [9.17, 15) is 19.5 Å². The van der Waals surface area contributed by atoms with Gasteiger partial charge in [0.15, 0.2) is 11.6 Å². The summed E-state index contributed by atoms with van der Waals surface area (Å²) >= 11 is 7.26. The van der Waals surface area contributed by atoms with Gasteiger partial charge in [0.2, 0.25) is 0 Å². The number of carboxylic acid groups (broad SMARTS) is 1. The van der Waals surface area contributed by atoms with E-state index in [0.29, 0.717) is 49.2 Å². The number of carboxylic acids is 1. The number of ketones is 2. The number of aliphatic carboxylic acids is 1. The van der Waals surface area contributed by atoms with Crippen molar-refractivity contribution in [1.82, 2.24) is 4.90 Å². The molecule has 6 nitrogen and oxygen atoms in total. The average Bonchev–Trinajstić information content (AvgIpc) is 2.71. The van der Waals surface area contributed by atoms with Crippen molar-refractivity contribution >= 4 is 49.4 Å². The van der Waals surface area contributed by atoms with Gasteiger partial charge >= 0.3 is 5.97 Å². The Morgan fingerprint density at radius 2 is 1.51 bits per heavy atom. The maximum atomic E-state index is 13.9. The highest BCUT2D eigenvalue weighted by molar-refractivity contribution is 9.11. The third kappa shape index (κ3) is 5.60. The molecule has 0 radical (unpaired) electrons. The summed E-state index contributed by atoms with van der Waals surface area (Å²) in [5.74, 6) is -0.793. The van der Waals surface area contributed by atoms with E-state index in [1.54, 1.807) is 4.90 Å². The lowest BCUT2D eigenvalue weighted by Crippen LogP contribution is -2.45. The predicted octanol–water partition coefficient (Wildman–Crippen LogP) is 7.02. The molecule has 1 aromatic rings. The van der Waals surface area contributed by atoms with Crippen LogP contribution in [0.2, 0.25) is 0 Å². The van der Waals surface area contributed by atoms with Crippen molar-refractivity contribution in [2.24, 2.45) is 16.7 Å². The molecule has 2 aliphatic carbocycles. The van der Waals surface area contributed by atoms with E-state index >= 15 is 0 Å². The van der Waals surface area contributed by atoms with Crippen LogP contribution in [0.5, 0.6) is 5.75 Å². The third-order valence-electron chi connectivity index (χ3n) is 7.22. The molecule has 3 aliphatic rings. The topological polar surface area (TPSA) is 83.9 Å². The molecule has 37 heavy (non-hydrogen) atoms. The van der Waals surface area contributed by atoms with E-state index < -0.39 is 11.9 Å². The van der Waals surface area contributed by atoms with Crippen LogP contribution in [0.15, 0.2) is 43.6 Å². The fourth-order valence-corrected chi connectivity index (χ4v) is 7.25. The molecular formula is C29H35Br2NO5. The number of allylic oxidation sites excluding steroid dienone is 4. The van der Waals surface area contributed by atoms with Gasteiger partial charge in [-0.1, -0.05) is 57.5 Å². The van der Waals surface area contributed by atoms with E-state index in [-0.39, 0.29) is 34.9 Å². The van der Waals surface area contributed by atoms with Crippen molar-refractivity contribution in [3.63, 3.8) is 0 Å². The van der Waals surface area contributed by atoms with Gasteiger partial charge in [-0.25, -0.2) is 0 Å². The molecule has 0 amide bonds. The molecule has 1 N–H and O–H groups in total. The number of ether oxygens (including phenoxy) is 1. The molecule has 0 aromatic heterocycles. The standard InChI is InChI=1S/C29H35Br2NO5/c1-15(2)14-37-27-17(7-16(30)8-18(27)31)24-25-19(9-28(3,4)11-21(25)33)32(13-23(35)36)20-10-29(5,6)12-22(34)26(20)24/h7-8,15,24H,9-14H2,1-6H3,(H,35,36). The zero-order valence-corrected chi connectivity index (χ0v) is 25.5. The second kappa shape index (κ2) is 9.99. The second-order valence-electron chi connectivity index (χ2n) is 12.5. The quantitative estimate of drug-likeness (QED) is 0.361. The van der Waals surface area contributed by atoms with Crippen molar-refractivity contribution in [3.8, 4) is 5.75 Å². The molecule has 200 valence electrons. The Kier molecular flexibility index (Phi) is 7.58. The van der Waals surface area contributed by atoms with E-state index in [2.05, 4.69) is 45.7 Å². The van der Waals surface area contributed by atoms with Gasteiger partial charge in [-0.15, -0.1) is 0 Å². The monoisotopic (exact) mass is 635 g/mol. The van der Waals surface area contributed by atoms with Crippen LogP contribution in [0.1, 0.15) is 78.7 Å². The summed E-state index contributed by atoms with van der Waals surface area (Å²) in [5, 5.41) is 9.87. The van der Waals surface area contributed by atoms with Crippen LogP contribution in [-0.4, -0.2) is 40.7 Å². The molecule has 0 bridgehead atoms. The number of rotatable bonds is 6. The maximum absolute atomic E-state index is 13.9. The van der Waals surface area contributed by atoms with Crippen molar-refractivity contribution < 1.29 is 24.2 Å². The molecule has 0 atom stereocenters. The second-order valence-corrected chi connectivity index (χ2v) is 14.3. The molecule has 1 aliphatic heterocycles. The Labute approximate surface area is 235 Å². The molecule has 4 rings (SSSR count). The Morgan fingerprint density at radius 1 is 1.00 bits per heavy atom. The van der Waals surface area contributed by atoms with E-state index in [0.717, 1.165) is 25.9 Å². The average molecular weight is 637 g/mol. The summed E-state index contributed by atoms with van der Waals surface area (Å²) in [7, 11) is 0. The Morgan fingerprint density at radius 3 is 1.97 bits per heavy atom. The molecule has 0 fully saturated rings. The summed E-state index contributed by atoms with van der Waals surface area (Å²) in [6.07, 6.45) is 1.78. The van der Waals surface area contributed by atoms with Crippen LogP contribution in [0.25, 0.3) is 0 Å². The summed E-state index contributed by atoms with van der Waals surface area (Å²) in [6.45, 7) is 12.5. The fourth-order valence-electron chi connectivity index (χ4n) is 5.88. The van der Waals surface area contributed by atoms with Crippen LogP contribution in [0.4, 0.5) is 0 Å². The molecule has 0 saturated heterocycles. The van der Waals surface area contributed by atoms with Gasteiger partial charge < -0.3 is 14.7 Å². The van der Waals surface area contributed by atoms with Crippen LogP contribution in [0, 0.1) is 16.7 Å². The highest BCUT2D eigenvalue weighted by Gasteiger charge is 2.50. The normalized spacial score (nSPS) is 21.4. The minimum atomic E-state index is -0.991. The van der Waals surface area contributed by atoms with Crippen LogP contribution in [0.3, 0.4) is 0 Å². The summed E-state index contributed by atoms with van der Waals surface area (Å²) in [5.41, 5.74) is 2.63. The molecule has 0 saturated carbocycles. The van der Waals surface area contributed by atoms with Gasteiger partial charge in [0, 0.05) is 51.3 Å². The number of nitrogens with zero attached hydrogens (tertiary/aromatic N) is 1. The lowest BCUT2D eigenvalue weighted by atomic mass is 9.63. The Hall–Kier alpha value is -1.93. The maximum Gasteiger partial charge on any atom is 0.323 e. The van der Waals surface area contributed by atoms with Gasteiger partial charge in [-0.3, -0.25) is 14.4 Å². The molecule has 0 spiro atoms. The highest BCUT2D eigenvalue weighted by atomic mass is 79.9. The number of benzene rings is 1. The zero-order valence-electron chi connectivity index (χ0n) is 22.3. The largest absolute Gasteiger partial charge is 0.492 e. The zero-order chi connectivity index (χ0) is 27.4. The molecule has 1 aromatic carbocycles. The van der Waals surface area contributed by atoms with Crippen LogP contribution in [-0.2, 0) is 14.4 Å². The predicted molar refractivity (Wildman–Crippen MR) is 149 cm³/mol. The van der Waals surface area contributed by atoms with Gasteiger partial charge in [0.25, 0.3) is 0 Å². The lowest BCUT2D eigenvalue weighted by Gasteiger charge is -2.48. The van der Waals surface area contributed by atoms with Crippen molar-refractivity contribution in [2.75, 3.05) is 13.2 Å². The Balaban J connectivity index is 2.05. The molecule has 0 unspecified atom stereocenters. The van der Waals surface area contributed by atoms with Crippen LogP contribution < -0.4 is 4.74 Å². The lowest BCUT2D eigenvalue weighted by molar-refractivity contribution is -0.138. The first-order valence-corrected chi connectivity index (χ1v) is 14.3. The minimum Gasteiger partial charge on any atom is -0.492 e. The van der Waals surface area contributed by atoms with Gasteiger partial charge in [-0.2, -0.15) is 0 Å². The van der Waals surface area contributed by atoms with Crippen molar-refractivity contribution in [2.45, 2.75) is 73.1 Å². The first-order chi connectivity index (χ1) is 17.1. The van der Waals surface area contributed by atoms with E-state index in [1.807, 2.05) is 39.8 Å². The molecule has 1 heterocycles. The number of carbonyl (C=O) groups excluding carboxylic acids is 2. The molecular weight excluding hydrogens is 602 g/mol. The number of carbonyl (C=O) groups is 3. The SMILES string of the molecule is CC(C)COc1c(Br)cc(Br)cc1C1C2=C(CC(C)(C)CC2=O)N(CC(=O)O)C2=C1C(=O)CC(C)(C)C2. The first kappa shape index (κ1) is 28.1. The highest BCUT2D eigenvalue weighted by Crippen LogP contribution is 2.56. The number of hydrogen-bond acceptors (Lipinski definition) is 5. The number of Topliss-reactive ketones (excluding diaryl/α,β-unsaturated/α-hetero) is 2. The van der Waals surface area contributed by atoms with Crippen LogP contribution >= 0.6 is 31.9 Å². The third-order valence-corrected chi connectivity index (χ3v) is 8.27. The summed E-state index contributed by atoms with van der Waals surface area (Å²) in [4.78, 5) is 41.6. The van der Waals surface area contributed by atoms with Gasteiger partial charge in [0.05, 0.1) is 11.1 Å². The van der Waals surface area contributed by atoms with E-state index in [4.69, 9.17) is 4.74 Å². The first-order valence-electron chi connectivity index (χ1n) is 12.7. The summed E-state index contributed by atoms with van der Waals surface area (Å²) in [6, 6.07) is 3.84.